The molecule has 0 aliphatic heterocycles. The molecule has 0 bridgehead atoms. The summed E-state index contributed by atoms with van der Waals surface area (Å²) >= 11 is -16.1. The van der Waals surface area contributed by atoms with Crippen LogP contribution in [-0.2, 0) is 0 Å². The number of carbonyl (C=O) groups is 2. The maximum absolute atomic E-state index is 11.8. The largest absolute Gasteiger partial charge is 0.427 e. The Bertz CT molecular complexity index is 1840. The first kappa shape index (κ1) is 125. The van der Waals surface area contributed by atoms with Crippen LogP contribution in [0.15, 0.2) is 60.7 Å². The Kier molecular flexibility index (Phi) is 108. The zero-order chi connectivity index (χ0) is 86.1. The lowest BCUT2D eigenvalue weighted by molar-refractivity contribution is -1.73. The Morgan fingerprint density at radius 2 is 0.295 bits per heavy atom. The molecule has 0 aliphatic rings. The number of hydrogen-bond donors (Lipinski definition) is 0. The summed E-state index contributed by atoms with van der Waals surface area (Å²) in [5, 5.41) is 0. The first-order valence-corrected chi connectivity index (χ1v) is 54.9. The lowest BCUT2D eigenvalue weighted by Gasteiger charge is -2.23. The van der Waals surface area contributed by atoms with Crippen molar-refractivity contribution < 1.29 is 153 Å². The van der Waals surface area contributed by atoms with Crippen molar-refractivity contribution >= 4 is 11.6 Å². The summed E-state index contributed by atoms with van der Waals surface area (Å²) in [6.07, 6.45) is 81.5. The lowest BCUT2D eigenvalue weighted by Crippen LogP contribution is -4.05. The van der Waals surface area contributed by atoms with Gasteiger partial charge in [-0.05, 0) is 51.4 Å². The van der Waals surface area contributed by atoms with E-state index < -0.39 is 95.8 Å². The fraction of sp³-hybridized carbons (Fsp3) is 0.844. The van der Waals surface area contributed by atoms with Crippen LogP contribution in [0.2, 0.25) is 0 Å². The van der Waals surface area contributed by atoms with Crippen LogP contribution in [0.5, 0.6) is 0 Å². The van der Waals surface area contributed by atoms with E-state index in [1.54, 1.807) is 48.5 Å². The van der Waals surface area contributed by atoms with E-state index in [0.717, 1.165) is 17.9 Å². The summed E-state index contributed by atoms with van der Waals surface area (Å²) < 4.78 is 107. The van der Waals surface area contributed by atoms with Crippen molar-refractivity contribution in [2.24, 2.45) is 0 Å². The molecule has 0 fully saturated rings. The molecule has 0 unspecified atom stereocenters. The third-order valence-corrected chi connectivity index (χ3v) is 19.0. The molecule has 112 heavy (non-hydrogen) atoms. The molecule has 0 aromatic heterocycles. The molecule has 0 heterocycles. The molecule has 0 radical (unpaired) electrons. The SMILES string of the molecule is CCCCCCCCCCCCCCCC[N+](C)(C)C.CCCCCCCCCCCCCCCC[N+](C)(C)C.CCCCCCCCCCCCCCCC[N+](C)(C)C.CCCCCCCCCCCCCCCC[N+](C)(C)C.O=C(C(=O)c1ccccc1)c1ccccc1.[O-][I+2]([O-])[O-].[O-][I+2]([O-])[O-].[O-][I+2]([O-])[O-].[O-][I+2]([O-])[O-]. The molecular formula is C90H178I4N4O14. The van der Waals surface area contributed by atoms with Crippen molar-refractivity contribution in [3.63, 3.8) is 0 Å². The Labute approximate surface area is 727 Å². The van der Waals surface area contributed by atoms with Crippen molar-refractivity contribution in [2.45, 2.75) is 387 Å². The fourth-order valence-corrected chi connectivity index (χ4v) is 12.6. The van der Waals surface area contributed by atoms with Gasteiger partial charge in [0.1, 0.15) is 0 Å². The van der Waals surface area contributed by atoms with Crippen molar-refractivity contribution in [2.75, 3.05) is 111 Å². The average Bonchev–Trinajstić information content (AvgIpc) is 0.858. The molecule has 0 spiro atoms. The molecule has 2 aromatic carbocycles. The smallest absolute Gasteiger partial charge is 0.282 e. The van der Waals surface area contributed by atoms with Crippen molar-refractivity contribution in [1.82, 2.24) is 0 Å². The van der Waals surface area contributed by atoms with Gasteiger partial charge in [0.05, 0.1) is 111 Å². The summed E-state index contributed by atoms with van der Waals surface area (Å²) in [5.41, 5.74) is 0.854. The quantitative estimate of drug-likeness (QED) is 0.0296. The highest BCUT2D eigenvalue weighted by atomic mass is 127. The van der Waals surface area contributed by atoms with Crippen LogP contribution in [0.25, 0.3) is 0 Å². The predicted octanol–water partition coefficient (Wildman–Crippen LogP) is 1.20. The number of benzene rings is 2. The van der Waals surface area contributed by atoms with Crippen LogP contribution in [0.1, 0.15) is 408 Å². The van der Waals surface area contributed by atoms with Gasteiger partial charge >= 0.3 is 0 Å². The Morgan fingerprint density at radius 1 is 0.196 bits per heavy atom. The van der Waals surface area contributed by atoms with Gasteiger partial charge < -0.3 is 59.2 Å². The van der Waals surface area contributed by atoms with Crippen LogP contribution < -0.4 is 125 Å². The van der Waals surface area contributed by atoms with Gasteiger partial charge in [-0.25, -0.2) is 0 Å². The minimum absolute atomic E-state index is 0.427. The van der Waals surface area contributed by atoms with Gasteiger partial charge in [-0.3, -0.25) is 9.59 Å². The number of unbranched alkanes of at least 4 members (excludes halogenated alkanes) is 52. The fourth-order valence-electron chi connectivity index (χ4n) is 12.6. The van der Waals surface area contributed by atoms with Crippen molar-refractivity contribution in [3.8, 4) is 0 Å². The highest BCUT2D eigenvalue weighted by molar-refractivity contribution is 6.49. The Hall–Kier alpha value is 0.0600. The summed E-state index contributed by atoms with van der Waals surface area (Å²) in [5.74, 6) is -0.932. The Morgan fingerprint density at radius 3 is 0.393 bits per heavy atom. The molecule has 2 rings (SSSR count). The molecule has 670 valence electrons. The van der Waals surface area contributed by atoms with Gasteiger partial charge in [0.2, 0.25) is 11.6 Å². The van der Waals surface area contributed by atoms with Crippen LogP contribution in [-0.4, -0.2) is 140 Å². The van der Waals surface area contributed by atoms with Crippen LogP contribution in [0.3, 0.4) is 0 Å². The van der Waals surface area contributed by atoms with E-state index in [2.05, 4.69) is 112 Å². The molecule has 2 aromatic rings. The maximum Gasteiger partial charge on any atom is 0.282 e. The normalized spacial score (nSPS) is 11.2. The number of rotatable bonds is 63. The van der Waals surface area contributed by atoms with Gasteiger partial charge in [-0.15, -0.1) is 0 Å². The second-order valence-electron chi connectivity index (χ2n) is 34.6. The number of nitrogens with zero attached hydrogens (tertiary/aromatic N) is 4. The zero-order valence-corrected chi connectivity index (χ0v) is 83.8. The van der Waals surface area contributed by atoms with Gasteiger partial charge in [-0.2, -0.15) is 0 Å². The van der Waals surface area contributed by atoms with Gasteiger partial charge in [-0.1, -0.05) is 397 Å². The number of quaternary nitrogens is 4. The van der Waals surface area contributed by atoms with Crippen LogP contribution in [0.4, 0.5) is 0 Å². The molecule has 18 nitrogen and oxygen atoms in total. The van der Waals surface area contributed by atoms with E-state index >= 15 is 0 Å². The second-order valence-corrected chi connectivity index (χ2v) is 38.9. The predicted molar refractivity (Wildman–Crippen MR) is 434 cm³/mol. The molecule has 0 saturated carbocycles. The summed E-state index contributed by atoms with van der Waals surface area (Å²) in [6, 6.07) is 17.2. The standard InChI is InChI=1S/4C19H42N.C14H10O2.4IO3/c4*1-5-6-7-8-9-10-11-12-13-14-15-16-17-18-19-20(2,3)4;15-13(11-7-3-1-4-8-11)14(16)12-9-5-2-6-10-12;4*2-1(3)4/h4*5-19H2,1-4H3;1-10H;;;;/q4*+1;;4*-1. The van der Waals surface area contributed by atoms with E-state index in [4.69, 9.17) is 41.2 Å². The third kappa shape index (κ3) is 142. The van der Waals surface area contributed by atoms with E-state index in [1.807, 2.05) is 12.1 Å². The van der Waals surface area contributed by atoms with Crippen molar-refractivity contribution in [1.29, 1.82) is 0 Å². The topological polar surface area (TPSA) is 311 Å². The van der Waals surface area contributed by atoms with E-state index in [9.17, 15) is 9.59 Å². The van der Waals surface area contributed by atoms with Crippen LogP contribution >= 0.6 is 0 Å². The summed E-state index contributed by atoms with van der Waals surface area (Å²) in [4.78, 5) is 23.6. The minimum Gasteiger partial charge on any atom is -0.427 e. The number of ketones is 2. The third-order valence-electron chi connectivity index (χ3n) is 19.0. The molecule has 0 aliphatic carbocycles. The highest BCUT2D eigenvalue weighted by Gasteiger charge is 2.17. The zero-order valence-electron chi connectivity index (χ0n) is 75.2. The van der Waals surface area contributed by atoms with Gasteiger partial charge in [0.25, 0.3) is 84.3 Å². The minimum atomic E-state index is -4.01. The average molecular weight is 2050 g/mol. The van der Waals surface area contributed by atoms with E-state index in [1.165, 1.54) is 386 Å². The first-order chi connectivity index (χ1) is 53.0. The number of halogens is 4. The highest BCUT2D eigenvalue weighted by Crippen LogP contribution is 2.19. The van der Waals surface area contributed by atoms with E-state index in [0.29, 0.717) is 11.1 Å². The van der Waals surface area contributed by atoms with Crippen LogP contribution in [0, 0.1) is 0 Å². The number of Topliss-reactive ketones (excluding diaryl/α,β-unsaturated/α-hetero) is 2. The first-order valence-electron chi connectivity index (χ1n) is 44.3. The molecule has 0 N–H and O–H groups in total. The summed E-state index contributed by atoms with van der Waals surface area (Å²) in [6.45, 7) is 14.5. The molecular weight excluding hydrogens is 1870 g/mol. The number of hydrogen-bond acceptors (Lipinski definition) is 14. The molecule has 22 heteroatoms. The van der Waals surface area contributed by atoms with Gasteiger partial charge in [0.15, 0.2) is 0 Å². The lowest BCUT2D eigenvalue weighted by atomic mass is 10.0. The summed E-state index contributed by atoms with van der Waals surface area (Å²) in [7, 11) is 27.5. The van der Waals surface area contributed by atoms with Gasteiger partial charge in [0, 0.05) is 11.1 Å². The monoisotopic (exact) mass is 2050 g/mol. The second kappa shape index (κ2) is 96.5. The van der Waals surface area contributed by atoms with Crippen molar-refractivity contribution in [3.05, 3.63) is 71.8 Å². The Balaban J connectivity index is -0.000000234. The number of carbonyl (C=O) groups excluding carboxylic acids is 2. The van der Waals surface area contributed by atoms with E-state index in [-0.39, 0.29) is 0 Å². The molecule has 0 saturated heterocycles. The molecule has 0 amide bonds. The maximum atomic E-state index is 11.8. The molecule has 0 atom stereocenters.